The molecule has 0 saturated carbocycles. The summed E-state index contributed by atoms with van der Waals surface area (Å²) in [4.78, 5) is 11.8. The van der Waals surface area contributed by atoms with Crippen LogP contribution in [0.1, 0.15) is 30.3 Å². The standard InChI is InChI=1S/C14H16ClN3O2S/c1-8(2)13-17-18-14(21-13)16-12(19)7-20-10-4-5-11(15)9(3)6-10/h4-6,8H,7H2,1-3H3,(H,16,18,19). The maximum atomic E-state index is 11.8. The van der Waals surface area contributed by atoms with E-state index in [9.17, 15) is 4.79 Å². The van der Waals surface area contributed by atoms with E-state index < -0.39 is 0 Å². The summed E-state index contributed by atoms with van der Waals surface area (Å²) in [7, 11) is 0. The number of rotatable bonds is 5. The molecule has 2 aromatic rings. The van der Waals surface area contributed by atoms with Crippen LogP contribution in [0.5, 0.6) is 5.75 Å². The van der Waals surface area contributed by atoms with Gasteiger partial charge in [-0.25, -0.2) is 0 Å². The second kappa shape index (κ2) is 6.87. The lowest BCUT2D eigenvalue weighted by atomic mass is 10.2. The minimum atomic E-state index is -0.269. The monoisotopic (exact) mass is 325 g/mol. The van der Waals surface area contributed by atoms with Crippen molar-refractivity contribution >= 4 is 34.0 Å². The van der Waals surface area contributed by atoms with Crippen molar-refractivity contribution < 1.29 is 9.53 Å². The van der Waals surface area contributed by atoms with E-state index in [0.717, 1.165) is 10.6 Å². The quantitative estimate of drug-likeness (QED) is 0.911. The number of hydrogen-bond donors (Lipinski definition) is 1. The predicted molar refractivity (Wildman–Crippen MR) is 84.3 cm³/mol. The van der Waals surface area contributed by atoms with Crippen LogP contribution >= 0.6 is 22.9 Å². The highest BCUT2D eigenvalue weighted by Crippen LogP contribution is 2.23. The van der Waals surface area contributed by atoms with Crippen LogP contribution in [0.15, 0.2) is 18.2 Å². The van der Waals surface area contributed by atoms with Gasteiger partial charge in [0.25, 0.3) is 5.91 Å². The number of benzene rings is 1. The summed E-state index contributed by atoms with van der Waals surface area (Å²) in [6, 6.07) is 5.26. The predicted octanol–water partition coefficient (Wildman–Crippen LogP) is 3.64. The molecule has 1 N–H and O–H groups in total. The third-order valence-electron chi connectivity index (χ3n) is 2.68. The number of nitrogens with one attached hydrogen (secondary N) is 1. The summed E-state index contributed by atoms with van der Waals surface area (Å²) in [6.07, 6.45) is 0. The van der Waals surface area contributed by atoms with Crippen molar-refractivity contribution in [3.8, 4) is 5.75 Å². The fraction of sp³-hybridized carbons (Fsp3) is 0.357. The molecule has 1 aromatic heterocycles. The summed E-state index contributed by atoms with van der Waals surface area (Å²) in [5.41, 5.74) is 0.903. The molecule has 7 heteroatoms. The molecule has 0 atom stereocenters. The van der Waals surface area contributed by atoms with E-state index in [1.807, 2.05) is 20.8 Å². The van der Waals surface area contributed by atoms with Crippen molar-refractivity contribution in [3.05, 3.63) is 33.8 Å². The number of carbonyl (C=O) groups excluding carboxylic acids is 1. The molecular formula is C14H16ClN3O2S. The zero-order valence-corrected chi connectivity index (χ0v) is 13.6. The molecule has 0 bridgehead atoms. The average Bonchev–Trinajstić information content (AvgIpc) is 2.89. The summed E-state index contributed by atoms with van der Waals surface area (Å²) in [5.74, 6) is 0.627. The summed E-state index contributed by atoms with van der Waals surface area (Å²) in [6.45, 7) is 5.85. The smallest absolute Gasteiger partial charge is 0.264 e. The minimum Gasteiger partial charge on any atom is -0.484 e. The molecule has 1 heterocycles. The minimum absolute atomic E-state index is 0.0857. The molecule has 1 aromatic carbocycles. The Kier molecular flexibility index (Phi) is 5.14. The number of nitrogens with zero attached hydrogens (tertiary/aromatic N) is 2. The lowest BCUT2D eigenvalue weighted by molar-refractivity contribution is -0.118. The first kappa shape index (κ1) is 15.7. The molecular weight excluding hydrogens is 310 g/mol. The Morgan fingerprint density at radius 2 is 2.19 bits per heavy atom. The zero-order valence-electron chi connectivity index (χ0n) is 12.0. The first-order chi connectivity index (χ1) is 9.95. The third-order valence-corrected chi connectivity index (χ3v) is 4.24. The Hall–Kier alpha value is -1.66. The van der Waals surface area contributed by atoms with E-state index in [-0.39, 0.29) is 12.5 Å². The maximum Gasteiger partial charge on any atom is 0.264 e. The van der Waals surface area contributed by atoms with Crippen LogP contribution in [0.3, 0.4) is 0 Å². The van der Waals surface area contributed by atoms with E-state index in [1.54, 1.807) is 18.2 Å². The van der Waals surface area contributed by atoms with Gasteiger partial charge < -0.3 is 4.74 Å². The number of anilines is 1. The van der Waals surface area contributed by atoms with Crippen LogP contribution in [0, 0.1) is 6.92 Å². The summed E-state index contributed by atoms with van der Waals surface area (Å²) >= 11 is 7.30. The van der Waals surface area contributed by atoms with Crippen molar-refractivity contribution in [1.29, 1.82) is 0 Å². The Morgan fingerprint density at radius 3 is 2.81 bits per heavy atom. The molecule has 0 aliphatic rings. The van der Waals surface area contributed by atoms with E-state index in [4.69, 9.17) is 16.3 Å². The maximum absolute atomic E-state index is 11.8. The molecule has 0 saturated heterocycles. The van der Waals surface area contributed by atoms with Crippen molar-refractivity contribution in [2.45, 2.75) is 26.7 Å². The van der Waals surface area contributed by atoms with Gasteiger partial charge >= 0.3 is 0 Å². The van der Waals surface area contributed by atoms with Crippen LogP contribution in [-0.2, 0) is 4.79 Å². The number of halogens is 1. The highest BCUT2D eigenvalue weighted by molar-refractivity contribution is 7.15. The highest BCUT2D eigenvalue weighted by atomic mass is 35.5. The molecule has 0 spiro atoms. The first-order valence-electron chi connectivity index (χ1n) is 6.48. The van der Waals surface area contributed by atoms with Gasteiger partial charge in [-0.3, -0.25) is 10.1 Å². The van der Waals surface area contributed by atoms with E-state index in [1.165, 1.54) is 11.3 Å². The van der Waals surface area contributed by atoms with Gasteiger partial charge in [0.1, 0.15) is 10.8 Å². The largest absolute Gasteiger partial charge is 0.484 e. The normalized spacial score (nSPS) is 10.7. The first-order valence-corrected chi connectivity index (χ1v) is 7.67. The lowest BCUT2D eigenvalue weighted by Gasteiger charge is -2.07. The molecule has 0 aliphatic carbocycles. The Morgan fingerprint density at radius 1 is 1.43 bits per heavy atom. The second-order valence-corrected chi connectivity index (χ2v) is 6.26. The topological polar surface area (TPSA) is 64.1 Å². The second-order valence-electron chi connectivity index (χ2n) is 4.85. The number of amides is 1. The molecule has 0 unspecified atom stereocenters. The summed E-state index contributed by atoms with van der Waals surface area (Å²) in [5, 5.41) is 12.6. The molecule has 2 rings (SSSR count). The van der Waals surface area contributed by atoms with Crippen LogP contribution in [0.2, 0.25) is 5.02 Å². The molecule has 112 valence electrons. The number of aryl methyl sites for hydroxylation is 1. The zero-order chi connectivity index (χ0) is 15.4. The lowest BCUT2D eigenvalue weighted by Crippen LogP contribution is -2.20. The van der Waals surface area contributed by atoms with Gasteiger partial charge in [-0.2, -0.15) is 0 Å². The SMILES string of the molecule is Cc1cc(OCC(=O)Nc2nnc(C(C)C)s2)ccc1Cl. The Bertz CT molecular complexity index is 643. The number of ether oxygens (including phenoxy) is 1. The fourth-order valence-corrected chi connectivity index (χ4v) is 2.41. The van der Waals surface area contributed by atoms with Crippen molar-refractivity contribution in [2.75, 3.05) is 11.9 Å². The molecule has 21 heavy (non-hydrogen) atoms. The van der Waals surface area contributed by atoms with Crippen molar-refractivity contribution in [1.82, 2.24) is 10.2 Å². The van der Waals surface area contributed by atoms with Crippen molar-refractivity contribution in [3.63, 3.8) is 0 Å². The third kappa shape index (κ3) is 4.41. The molecule has 5 nitrogen and oxygen atoms in total. The van der Waals surface area contributed by atoms with Crippen molar-refractivity contribution in [2.24, 2.45) is 0 Å². The van der Waals surface area contributed by atoms with Gasteiger partial charge in [-0.05, 0) is 30.7 Å². The van der Waals surface area contributed by atoms with Gasteiger partial charge in [0.05, 0.1) is 0 Å². The number of hydrogen-bond acceptors (Lipinski definition) is 5. The average molecular weight is 326 g/mol. The van der Waals surface area contributed by atoms with E-state index in [2.05, 4.69) is 15.5 Å². The van der Waals surface area contributed by atoms with Crippen LogP contribution in [0.4, 0.5) is 5.13 Å². The highest BCUT2D eigenvalue weighted by Gasteiger charge is 2.11. The molecule has 0 aliphatic heterocycles. The number of carbonyl (C=O) groups is 1. The Labute approximate surface area is 132 Å². The Balaban J connectivity index is 1.88. The van der Waals surface area contributed by atoms with E-state index in [0.29, 0.717) is 21.8 Å². The van der Waals surface area contributed by atoms with Crippen LogP contribution in [-0.4, -0.2) is 22.7 Å². The van der Waals surface area contributed by atoms with E-state index >= 15 is 0 Å². The van der Waals surface area contributed by atoms with Gasteiger partial charge in [-0.1, -0.05) is 36.8 Å². The van der Waals surface area contributed by atoms with Crippen LogP contribution in [0.25, 0.3) is 0 Å². The van der Waals surface area contributed by atoms with Crippen LogP contribution < -0.4 is 10.1 Å². The van der Waals surface area contributed by atoms with Gasteiger partial charge in [-0.15, -0.1) is 10.2 Å². The number of aromatic nitrogens is 2. The molecule has 1 amide bonds. The van der Waals surface area contributed by atoms with Gasteiger partial charge in [0, 0.05) is 10.9 Å². The van der Waals surface area contributed by atoms with Gasteiger partial charge in [0.2, 0.25) is 5.13 Å². The fourth-order valence-electron chi connectivity index (χ4n) is 1.53. The van der Waals surface area contributed by atoms with Gasteiger partial charge in [0.15, 0.2) is 6.61 Å². The molecule has 0 radical (unpaired) electrons. The molecule has 0 fully saturated rings. The summed E-state index contributed by atoms with van der Waals surface area (Å²) < 4.78 is 5.42.